The number of benzene rings is 1. The smallest absolute Gasteiger partial charge is 0.319 e. The van der Waals surface area contributed by atoms with Crippen molar-refractivity contribution in [3.05, 3.63) is 47.1 Å². The summed E-state index contributed by atoms with van der Waals surface area (Å²) in [6.45, 7) is 0. The van der Waals surface area contributed by atoms with Crippen molar-refractivity contribution in [3.63, 3.8) is 0 Å². The molecular weight excluding hydrogens is 332 g/mol. The summed E-state index contributed by atoms with van der Waals surface area (Å²) in [5.74, 6) is 0.727. The SMILES string of the molecule is O=C(Nc1ccc(Nc2ccc(Br)cc2)nc1)NC1CC1. The first-order valence-electron chi connectivity index (χ1n) is 6.75. The van der Waals surface area contributed by atoms with Gasteiger partial charge in [-0.1, -0.05) is 15.9 Å². The van der Waals surface area contributed by atoms with Gasteiger partial charge in [0.1, 0.15) is 5.82 Å². The number of halogens is 1. The molecule has 1 fully saturated rings. The van der Waals surface area contributed by atoms with Crippen molar-refractivity contribution in [2.75, 3.05) is 10.6 Å². The molecule has 1 saturated carbocycles. The molecule has 1 aliphatic rings. The molecule has 1 aromatic carbocycles. The minimum atomic E-state index is -0.173. The maximum absolute atomic E-state index is 11.6. The van der Waals surface area contributed by atoms with Crippen molar-refractivity contribution in [1.29, 1.82) is 0 Å². The average Bonchev–Trinajstić information content (AvgIpc) is 3.27. The molecule has 3 N–H and O–H groups in total. The maximum atomic E-state index is 11.6. The predicted molar refractivity (Wildman–Crippen MR) is 86.8 cm³/mol. The lowest BCUT2D eigenvalue weighted by atomic mass is 10.3. The maximum Gasteiger partial charge on any atom is 0.319 e. The quantitative estimate of drug-likeness (QED) is 0.787. The highest BCUT2D eigenvalue weighted by molar-refractivity contribution is 9.10. The fourth-order valence-electron chi connectivity index (χ4n) is 1.80. The van der Waals surface area contributed by atoms with E-state index >= 15 is 0 Å². The number of hydrogen-bond acceptors (Lipinski definition) is 3. The van der Waals surface area contributed by atoms with Gasteiger partial charge in [-0.2, -0.15) is 0 Å². The largest absolute Gasteiger partial charge is 0.340 e. The highest BCUT2D eigenvalue weighted by Gasteiger charge is 2.23. The fourth-order valence-corrected chi connectivity index (χ4v) is 2.07. The number of amides is 2. The minimum absolute atomic E-state index is 0.173. The van der Waals surface area contributed by atoms with E-state index in [0.717, 1.165) is 28.8 Å². The summed E-state index contributed by atoms with van der Waals surface area (Å²) in [6.07, 6.45) is 3.77. The summed E-state index contributed by atoms with van der Waals surface area (Å²) in [5.41, 5.74) is 1.63. The number of carbonyl (C=O) groups is 1. The van der Waals surface area contributed by atoms with E-state index < -0.39 is 0 Å². The zero-order chi connectivity index (χ0) is 14.7. The number of aromatic nitrogens is 1. The van der Waals surface area contributed by atoms with Gasteiger partial charge in [0.15, 0.2) is 0 Å². The van der Waals surface area contributed by atoms with E-state index in [2.05, 4.69) is 36.9 Å². The normalized spacial score (nSPS) is 13.6. The second-order valence-corrected chi connectivity index (χ2v) is 5.85. The van der Waals surface area contributed by atoms with Crippen LogP contribution in [-0.4, -0.2) is 17.1 Å². The van der Waals surface area contributed by atoms with E-state index in [-0.39, 0.29) is 6.03 Å². The Bertz CT molecular complexity index is 623. The highest BCUT2D eigenvalue weighted by Crippen LogP contribution is 2.20. The van der Waals surface area contributed by atoms with Crippen LogP contribution in [0.5, 0.6) is 0 Å². The van der Waals surface area contributed by atoms with Crippen LogP contribution in [0.3, 0.4) is 0 Å². The number of carbonyl (C=O) groups excluding carboxylic acids is 1. The van der Waals surface area contributed by atoms with Gasteiger partial charge >= 0.3 is 6.03 Å². The first-order chi connectivity index (χ1) is 10.2. The van der Waals surface area contributed by atoms with Gasteiger partial charge in [-0.3, -0.25) is 0 Å². The van der Waals surface area contributed by atoms with Gasteiger partial charge in [0, 0.05) is 16.2 Å². The summed E-state index contributed by atoms with van der Waals surface area (Å²) in [5, 5.41) is 8.82. The summed E-state index contributed by atoms with van der Waals surface area (Å²) in [6, 6.07) is 11.7. The van der Waals surface area contributed by atoms with Crippen molar-refractivity contribution < 1.29 is 4.79 Å². The molecule has 3 rings (SSSR count). The Morgan fingerprint density at radius 1 is 1.10 bits per heavy atom. The van der Waals surface area contributed by atoms with E-state index in [1.807, 2.05) is 36.4 Å². The summed E-state index contributed by atoms with van der Waals surface area (Å²) in [7, 11) is 0. The van der Waals surface area contributed by atoms with Gasteiger partial charge in [0.05, 0.1) is 11.9 Å². The Labute approximate surface area is 131 Å². The molecular formula is C15H15BrN4O. The molecule has 6 heteroatoms. The molecule has 1 aromatic heterocycles. The van der Waals surface area contributed by atoms with Crippen LogP contribution in [-0.2, 0) is 0 Å². The molecule has 0 spiro atoms. The number of nitrogens with one attached hydrogen (secondary N) is 3. The molecule has 0 aliphatic heterocycles. The number of rotatable bonds is 4. The van der Waals surface area contributed by atoms with Crippen LogP contribution >= 0.6 is 15.9 Å². The van der Waals surface area contributed by atoms with Crippen LogP contribution in [0.1, 0.15) is 12.8 Å². The second kappa shape index (κ2) is 6.13. The molecule has 2 aromatic rings. The Morgan fingerprint density at radius 2 is 1.81 bits per heavy atom. The Balaban J connectivity index is 1.58. The molecule has 2 amide bonds. The first kappa shape index (κ1) is 13.9. The van der Waals surface area contributed by atoms with Gasteiger partial charge in [-0.15, -0.1) is 0 Å². The van der Waals surface area contributed by atoms with E-state index in [4.69, 9.17) is 0 Å². The summed E-state index contributed by atoms with van der Waals surface area (Å²) < 4.78 is 1.03. The highest BCUT2D eigenvalue weighted by atomic mass is 79.9. The van der Waals surface area contributed by atoms with Gasteiger partial charge < -0.3 is 16.0 Å². The number of nitrogens with zero attached hydrogens (tertiary/aromatic N) is 1. The Kier molecular flexibility index (Phi) is 4.06. The summed E-state index contributed by atoms with van der Waals surface area (Å²) >= 11 is 3.40. The summed E-state index contributed by atoms with van der Waals surface area (Å²) in [4.78, 5) is 15.9. The average molecular weight is 347 g/mol. The Hall–Kier alpha value is -2.08. The van der Waals surface area contributed by atoms with Gasteiger partial charge in [-0.05, 0) is 49.2 Å². The van der Waals surface area contributed by atoms with Crippen molar-refractivity contribution in [3.8, 4) is 0 Å². The number of anilines is 3. The lowest BCUT2D eigenvalue weighted by Gasteiger charge is -2.08. The zero-order valence-corrected chi connectivity index (χ0v) is 12.9. The van der Waals surface area contributed by atoms with Crippen LogP contribution < -0.4 is 16.0 Å². The van der Waals surface area contributed by atoms with E-state index in [9.17, 15) is 4.79 Å². The van der Waals surface area contributed by atoms with Gasteiger partial charge in [0.2, 0.25) is 0 Å². The topological polar surface area (TPSA) is 66.0 Å². The number of hydrogen-bond donors (Lipinski definition) is 3. The van der Waals surface area contributed by atoms with Crippen molar-refractivity contribution in [2.45, 2.75) is 18.9 Å². The predicted octanol–water partition coefficient (Wildman–Crippen LogP) is 3.87. The third kappa shape index (κ3) is 4.19. The molecule has 5 nitrogen and oxygen atoms in total. The van der Waals surface area contributed by atoms with E-state index in [0.29, 0.717) is 11.7 Å². The van der Waals surface area contributed by atoms with Gasteiger partial charge in [-0.25, -0.2) is 9.78 Å². The van der Waals surface area contributed by atoms with E-state index in [1.165, 1.54) is 0 Å². The molecule has 0 radical (unpaired) electrons. The lowest BCUT2D eigenvalue weighted by Crippen LogP contribution is -2.30. The zero-order valence-electron chi connectivity index (χ0n) is 11.3. The minimum Gasteiger partial charge on any atom is -0.340 e. The third-order valence-corrected chi connectivity index (χ3v) is 3.58. The molecule has 0 unspecified atom stereocenters. The van der Waals surface area contributed by atoms with Crippen molar-refractivity contribution >= 4 is 39.2 Å². The van der Waals surface area contributed by atoms with E-state index in [1.54, 1.807) is 6.20 Å². The van der Waals surface area contributed by atoms with Crippen LogP contribution in [0, 0.1) is 0 Å². The van der Waals surface area contributed by atoms with Crippen LogP contribution in [0.25, 0.3) is 0 Å². The molecule has 1 aliphatic carbocycles. The molecule has 1 heterocycles. The Morgan fingerprint density at radius 3 is 2.43 bits per heavy atom. The molecule has 0 saturated heterocycles. The molecule has 108 valence electrons. The van der Waals surface area contributed by atoms with Crippen LogP contribution in [0.15, 0.2) is 47.1 Å². The molecule has 0 bridgehead atoms. The first-order valence-corrected chi connectivity index (χ1v) is 7.54. The standard InChI is InChI=1S/C15H15BrN4O/c16-10-1-3-11(4-2-10)18-14-8-7-13(9-17-14)20-15(21)19-12-5-6-12/h1-4,7-9,12H,5-6H2,(H,17,18)(H2,19,20,21). The number of pyridine rings is 1. The van der Waals surface area contributed by atoms with Crippen LogP contribution in [0.4, 0.5) is 22.0 Å². The second-order valence-electron chi connectivity index (χ2n) is 4.94. The van der Waals surface area contributed by atoms with Crippen molar-refractivity contribution in [1.82, 2.24) is 10.3 Å². The van der Waals surface area contributed by atoms with Crippen molar-refractivity contribution in [2.24, 2.45) is 0 Å². The fraction of sp³-hybridized carbons (Fsp3) is 0.200. The lowest BCUT2D eigenvalue weighted by molar-refractivity contribution is 0.251. The van der Waals surface area contributed by atoms with Crippen LogP contribution in [0.2, 0.25) is 0 Å². The van der Waals surface area contributed by atoms with Gasteiger partial charge in [0.25, 0.3) is 0 Å². The molecule has 21 heavy (non-hydrogen) atoms. The number of urea groups is 1. The monoisotopic (exact) mass is 346 g/mol. The third-order valence-electron chi connectivity index (χ3n) is 3.05. The molecule has 0 atom stereocenters.